The highest BCUT2D eigenvalue weighted by Crippen LogP contribution is 2.23. The second kappa shape index (κ2) is 6.98. The Morgan fingerprint density at radius 1 is 1.47 bits per heavy atom. The molecular weight excluding hydrogens is 238 g/mol. The van der Waals surface area contributed by atoms with E-state index < -0.39 is 5.97 Å². The number of carboxylic acids is 1. The summed E-state index contributed by atoms with van der Waals surface area (Å²) in [6.07, 6.45) is 5.12. The summed E-state index contributed by atoms with van der Waals surface area (Å²) in [6, 6.07) is 6.54. The van der Waals surface area contributed by atoms with Crippen LogP contribution in [-0.2, 0) is 4.79 Å². The maximum absolute atomic E-state index is 10.5. The summed E-state index contributed by atoms with van der Waals surface area (Å²) in [4.78, 5) is 12.8. The van der Waals surface area contributed by atoms with E-state index in [0.29, 0.717) is 6.04 Å². The van der Waals surface area contributed by atoms with Crippen molar-refractivity contribution in [2.75, 3.05) is 11.9 Å². The predicted molar refractivity (Wildman–Crippen MR) is 80.6 cm³/mol. The Morgan fingerprint density at radius 3 is 2.68 bits per heavy atom. The quantitative estimate of drug-likeness (QED) is 0.793. The highest BCUT2D eigenvalue weighted by molar-refractivity contribution is 5.85. The van der Waals surface area contributed by atoms with Gasteiger partial charge in [-0.2, -0.15) is 0 Å². The molecule has 0 aliphatic heterocycles. The minimum Gasteiger partial charge on any atom is -0.478 e. The maximum Gasteiger partial charge on any atom is 0.328 e. The molecule has 104 valence electrons. The van der Waals surface area contributed by atoms with Crippen molar-refractivity contribution in [1.29, 1.82) is 0 Å². The third kappa shape index (κ3) is 4.43. The largest absolute Gasteiger partial charge is 0.478 e. The molecule has 0 aliphatic rings. The van der Waals surface area contributed by atoms with Crippen LogP contribution in [0.1, 0.15) is 37.8 Å². The minimum atomic E-state index is -0.921. The van der Waals surface area contributed by atoms with Gasteiger partial charge in [0, 0.05) is 24.9 Å². The van der Waals surface area contributed by atoms with Crippen LogP contribution in [0.3, 0.4) is 0 Å². The third-order valence-corrected chi connectivity index (χ3v) is 3.39. The van der Waals surface area contributed by atoms with Crippen LogP contribution in [0.5, 0.6) is 0 Å². The Morgan fingerprint density at radius 2 is 2.16 bits per heavy atom. The molecule has 0 saturated heterocycles. The molecule has 1 aromatic carbocycles. The molecule has 3 nitrogen and oxygen atoms in total. The number of hydrogen-bond donors (Lipinski definition) is 1. The number of aliphatic carboxylic acids is 1. The van der Waals surface area contributed by atoms with Crippen LogP contribution in [0.25, 0.3) is 6.08 Å². The van der Waals surface area contributed by atoms with E-state index in [-0.39, 0.29) is 0 Å². The van der Waals surface area contributed by atoms with Crippen molar-refractivity contribution in [2.45, 2.75) is 39.7 Å². The monoisotopic (exact) mass is 261 g/mol. The highest BCUT2D eigenvalue weighted by atomic mass is 16.4. The zero-order valence-corrected chi connectivity index (χ0v) is 12.2. The molecular formula is C16H23NO2. The Hall–Kier alpha value is -1.77. The second-order valence-electron chi connectivity index (χ2n) is 4.97. The molecule has 0 aliphatic carbocycles. The van der Waals surface area contributed by atoms with Gasteiger partial charge in [-0.05, 0) is 49.6 Å². The fourth-order valence-electron chi connectivity index (χ4n) is 2.19. The van der Waals surface area contributed by atoms with E-state index in [0.717, 1.165) is 23.6 Å². The van der Waals surface area contributed by atoms with Crippen LogP contribution in [0.4, 0.5) is 5.69 Å². The van der Waals surface area contributed by atoms with Crippen LogP contribution in [0, 0.1) is 6.92 Å². The molecule has 0 fully saturated rings. The van der Waals surface area contributed by atoms with E-state index >= 15 is 0 Å². The molecule has 0 spiro atoms. The molecule has 0 bridgehead atoms. The van der Waals surface area contributed by atoms with Gasteiger partial charge in [-0.3, -0.25) is 0 Å². The van der Waals surface area contributed by atoms with Gasteiger partial charge in [0.1, 0.15) is 0 Å². The topological polar surface area (TPSA) is 40.5 Å². The molecule has 0 heterocycles. The molecule has 3 heteroatoms. The lowest BCUT2D eigenvalue weighted by atomic mass is 10.1. The van der Waals surface area contributed by atoms with Gasteiger partial charge in [-0.25, -0.2) is 4.79 Å². The number of hydrogen-bond acceptors (Lipinski definition) is 2. The van der Waals surface area contributed by atoms with Crippen LogP contribution in [0.15, 0.2) is 24.3 Å². The zero-order valence-electron chi connectivity index (χ0n) is 12.2. The Bertz CT molecular complexity index is 466. The zero-order chi connectivity index (χ0) is 14.4. The Kier molecular flexibility index (Phi) is 5.61. The van der Waals surface area contributed by atoms with Gasteiger partial charge >= 0.3 is 5.97 Å². The molecule has 0 saturated carbocycles. The van der Waals surface area contributed by atoms with E-state index in [4.69, 9.17) is 5.11 Å². The van der Waals surface area contributed by atoms with Crippen molar-refractivity contribution in [2.24, 2.45) is 0 Å². The number of anilines is 1. The summed E-state index contributed by atoms with van der Waals surface area (Å²) in [5.74, 6) is -0.921. The number of nitrogens with zero attached hydrogens (tertiary/aromatic N) is 1. The molecule has 0 amide bonds. The smallest absolute Gasteiger partial charge is 0.328 e. The van der Waals surface area contributed by atoms with Gasteiger partial charge < -0.3 is 10.0 Å². The fourth-order valence-corrected chi connectivity index (χ4v) is 2.19. The van der Waals surface area contributed by atoms with Crippen molar-refractivity contribution >= 4 is 17.7 Å². The highest BCUT2D eigenvalue weighted by Gasteiger charge is 2.11. The number of rotatable bonds is 6. The molecule has 1 atom stereocenters. The summed E-state index contributed by atoms with van der Waals surface area (Å²) in [5, 5.41) is 8.62. The van der Waals surface area contributed by atoms with Gasteiger partial charge in [-0.1, -0.05) is 19.4 Å². The average molecular weight is 261 g/mol. The molecule has 1 unspecified atom stereocenters. The van der Waals surface area contributed by atoms with E-state index in [2.05, 4.69) is 38.8 Å². The third-order valence-electron chi connectivity index (χ3n) is 3.39. The normalized spacial score (nSPS) is 12.6. The van der Waals surface area contributed by atoms with Crippen molar-refractivity contribution in [3.05, 3.63) is 35.4 Å². The summed E-state index contributed by atoms with van der Waals surface area (Å²) < 4.78 is 0. The fraction of sp³-hybridized carbons (Fsp3) is 0.438. The summed E-state index contributed by atoms with van der Waals surface area (Å²) in [5.41, 5.74) is 3.28. The molecule has 1 N–H and O–H groups in total. The van der Waals surface area contributed by atoms with E-state index in [9.17, 15) is 4.79 Å². The predicted octanol–water partition coefficient (Wildman–Crippen LogP) is 3.72. The first kappa shape index (κ1) is 15.3. The number of carbonyl (C=O) groups is 1. The number of carboxylic acid groups (broad SMARTS) is 1. The molecule has 19 heavy (non-hydrogen) atoms. The molecule has 1 rings (SSSR count). The number of benzene rings is 1. The van der Waals surface area contributed by atoms with Crippen molar-refractivity contribution in [1.82, 2.24) is 0 Å². The maximum atomic E-state index is 10.5. The molecule has 0 radical (unpaired) electrons. The lowest BCUT2D eigenvalue weighted by molar-refractivity contribution is -0.131. The van der Waals surface area contributed by atoms with Crippen LogP contribution in [0.2, 0.25) is 0 Å². The molecule has 1 aromatic rings. The lowest BCUT2D eigenvalue weighted by Crippen LogP contribution is -2.29. The van der Waals surface area contributed by atoms with Gasteiger partial charge in [0.15, 0.2) is 0 Å². The second-order valence-corrected chi connectivity index (χ2v) is 4.97. The summed E-state index contributed by atoms with van der Waals surface area (Å²) in [6.45, 7) is 6.47. The average Bonchev–Trinajstić information content (AvgIpc) is 2.36. The minimum absolute atomic E-state index is 0.504. The molecule has 0 aromatic heterocycles. The van der Waals surface area contributed by atoms with Crippen molar-refractivity contribution in [3.63, 3.8) is 0 Å². The van der Waals surface area contributed by atoms with Crippen molar-refractivity contribution < 1.29 is 9.90 Å². The first-order chi connectivity index (χ1) is 8.95. The SMILES string of the molecule is CCCC(C)N(C)c1ccc(/C=C/C(=O)O)cc1C. The van der Waals surface area contributed by atoms with Gasteiger partial charge in [-0.15, -0.1) is 0 Å². The van der Waals surface area contributed by atoms with Crippen molar-refractivity contribution in [3.8, 4) is 0 Å². The van der Waals surface area contributed by atoms with Crippen LogP contribution >= 0.6 is 0 Å². The number of aryl methyl sites for hydroxylation is 1. The van der Waals surface area contributed by atoms with Crippen LogP contribution in [-0.4, -0.2) is 24.2 Å². The summed E-state index contributed by atoms with van der Waals surface area (Å²) in [7, 11) is 2.11. The first-order valence-corrected chi connectivity index (χ1v) is 6.70. The Balaban J connectivity index is 2.91. The van der Waals surface area contributed by atoms with E-state index in [1.54, 1.807) is 6.08 Å². The lowest BCUT2D eigenvalue weighted by Gasteiger charge is -2.28. The van der Waals surface area contributed by atoms with E-state index in [1.807, 2.05) is 12.1 Å². The van der Waals surface area contributed by atoms with Gasteiger partial charge in [0.2, 0.25) is 0 Å². The van der Waals surface area contributed by atoms with E-state index in [1.165, 1.54) is 12.1 Å². The van der Waals surface area contributed by atoms with Gasteiger partial charge in [0.05, 0.1) is 0 Å². The first-order valence-electron chi connectivity index (χ1n) is 6.70. The summed E-state index contributed by atoms with van der Waals surface area (Å²) >= 11 is 0. The van der Waals surface area contributed by atoms with Crippen LogP contribution < -0.4 is 4.90 Å². The standard InChI is InChI=1S/C16H23NO2/c1-5-6-13(3)17(4)15-9-7-14(11-12(15)2)8-10-16(18)19/h7-11,13H,5-6H2,1-4H3,(H,18,19)/b10-8+. The van der Waals surface area contributed by atoms with Gasteiger partial charge in [0.25, 0.3) is 0 Å². The Labute approximate surface area is 115 Å².